The molecule has 1 aliphatic heterocycles. The van der Waals surface area contributed by atoms with E-state index in [0.29, 0.717) is 24.7 Å². The predicted octanol–water partition coefficient (Wildman–Crippen LogP) is 4.65. The van der Waals surface area contributed by atoms with Crippen molar-refractivity contribution in [2.24, 2.45) is 5.92 Å². The first-order chi connectivity index (χ1) is 14.6. The maximum Gasteiger partial charge on any atom is 0.251 e. The number of hydrogen-bond donors (Lipinski definition) is 1. The van der Waals surface area contributed by atoms with Crippen LogP contribution in [0.1, 0.15) is 58.4 Å². The molecule has 1 aliphatic carbocycles. The molecular formula is C25H32F2N2O2. The van der Waals surface area contributed by atoms with E-state index in [4.69, 9.17) is 0 Å². The van der Waals surface area contributed by atoms with E-state index in [2.05, 4.69) is 23.7 Å². The van der Waals surface area contributed by atoms with Crippen molar-refractivity contribution in [1.82, 2.24) is 10.2 Å². The van der Waals surface area contributed by atoms with E-state index in [0.717, 1.165) is 24.8 Å². The minimum Gasteiger partial charge on any atom is -0.344 e. The quantitative estimate of drug-likeness (QED) is 0.506. The van der Waals surface area contributed by atoms with Crippen molar-refractivity contribution in [1.29, 1.82) is 0 Å². The zero-order valence-electron chi connectivity index (χ0n) is 18.6. The van der Waals surface area contributed by atoms with Gasteiger partial charge in [-0.1, -0.05) is 13.5 Å². The maximum atomic E-state index is 14.0. The predicted molar refractivity (Wildman–Crippen MR) is 118 cm³/mol. The molecule has 0 aromatic heterocycles. The number of nitrogens with zero attached hydrogens (tertiary/aromatic N) is 1. The molecular weight excluding hydrogens is 398 g/mol. The van der Waals surface area contributed by atoms with Gasteiger partial charge in [-0.15, -0.1) is 0 Å². The minimum atomic E-state index is -0.688. The second-order valence-corrected chi connectivity index (χ2v) is 9.41. The van der Waals surface area contributed by atoms with Crippen molar-refractivity contribution < 1.29 is 18.4 Å². The SMILES string of the molecule is C=C(/C=C(\C)c1ccc(F)cc1F)C(=O)NC1(CC(C)=O)CN(C2CCC(C)CC2)C1. The van der Waals surface area contributed by atoms with Gasteiger partial charge in [-0.2, -0.15) is 0 Å². The van der Waals surface area contributed by atoms with Gasteiger partial charge >= 0.3 is 0 Å². The van der Waals surface area contributed by atoms with E-state index in [1.54, 1.807) is 6.92 Å². The molecule has 1 N–H and O–H groups in total. The number of ketones is 1. The average molecular weight is 431 g/mol. The van der Waals surface area contributed by atoms with Crippen molar-refractivity contribution >= 4 is 17.3 Å². The highest BCUT2D eigenvalue weighted by molar-refractivity contribution is 5.98. The lowest BCUT2D eigenvalue weighted by Crippen LogP contribution is -2.72. The zero-order chi connectivity index (χ0) is 22.8. The maximum absolute atomic E-state index is 14.0. The Morgan fingerprint density at radius 1 is 1.19 bits per heavy atom. The number of amides is 1. The highest BCUT2D eigenvalue weighted by Crippen LogP contribution is 2.34. The van der Waals surface area contributed by atoms with Crippen LogP contribution in [0.4, 0.5) is 8.78 Å². The summed E-state index contributed by atoms with van der Waals surface area (Å²) in [4.78, 5) is 27.1. The molecule has 0 bridgehead atoms. The van der Waals surface area contributed by atoms with Crippen LogP contribution in [-0.2, 0) is 9.59 Å². The summed E-state index contributed by atoms with van der Waals surface area (Å²) in [5.74, 6) is -0.920. The molecule has 0 spiro atoms. The van der Waals surface area contributed by atoms with Crippen LogP contribution in [0.25, 0.3) is 5.57 Å². The van der Waals surface area contributed by atoms with E-state index < -0.39 is 17.2 Å². The van der Waals surface area contributed by atoms with Crippen molar-refractivity contribution in [2.45, 2.75) is 64.5 Å². The van der Waals surface area contributed by atoms with Crippen LogP contribution in [0.2, 0.25) is 0 Å². The Morgan fingerprint density at radius 3 is 2.42 bits per heavy atom. The van der Waals surface area contributed by atoms with Gasteiger partial charge in [-0.3, -0.25) is 14.5 Å². The summed E-state index contributed by atoms with van der Waals surface area (Å²) < 4.78 is 27.2. The molecule has 6 heteroatoms. The lowest BCUT2D eigenvalue weighted by atomic mass is 9.79. The van der Waals surface area contributed by atoms with Gasteiger partial charge in [0.05, 0.1) is 5.54 Å². The number of benzene rings is 1. The van der Waals surface area contributed by atoms with Gasteiger partial charge in [0.1, 0.15) is 17.4 Å². The summed E-state index contributed by atoms with van der Waals surface area (Å²) in [6.45, 7) is 10.6. The van der Waals surface area contributed by atoms with E-state index in [1.165, 1.54) is 38.0 Å². The molecule has 0 atom stereocenters. The molecule has 2 fully saturated rings. The molecule has 4 nitrogen and oxygen atoms in total. The van der Waals surface area contributed by atoms with Crippen LogP contribution in [0.15, 0.2) is 36.4 Å². The molecule has 168 valence electrons. The van der Waals surface area contributed by atoms with Crippen LogP contribution < -0.4 is 5.32 Å². The van der Waals surface area contributed by atoms with Crippen LogP contribution >= 0.6 is 0 Å². The number of hydrogen-bond acceptors (Lipinski definition) is 3. The number of carbonyl (C=O) groups excluding carboxylic acids is 2. The van der Waals surface area contributed by atoms with Gasteiger partial charge in [0.15, 0.2) is 0 Å². The van der Waals surface area contributed by atoms with Crippen molar-refractivity contribution in [2.75, 3.05) is 13.1 Å². The van der Waals surface area contributed by atoms with Crippen LogP contribution in [0.5, 0.6) is 0 Å². The Kier molecular flexibility index (Phi) is 7.10. The number of allylic oxidation sites excluding steroid dienone is 1. The Balaban J connectivity index is 1.65. The van der Waals surface area contributed by atoms with E-state index >= 15 is 0 Å². The van der Waals surface area contributed by atoms with Crippen LogP contribution in [0, 0.1) is 17.6 Å². The van der Waals surface area contributed by atoms with Gasteiger partial charge in [-0.25, -0.2) is 8.78 Å². The van der Waals surface area contributed by atoms with E-state index in [-0.39, 0.29) is 29.2 Å². The third kappa shape index (κ3) is 5.67. The van der Waals surface area contributed by atoms with Gasteiger partial charge in [-0.05, 0) is 69.2 Å². The minimum absolute atomic E-state index is 0.0305. The normalized spacial score (nSPS) is 23.7. The van der Waals surface area contributed by atoms with E-state index in [1.807, 2.05) is 0 Å². The van der Waals surface area contributed by atoms with E-state index in [9.17, 15) is 18.4 Å². The smallest absolute Gasteiger partial charge is 0.251 e. The number of halogens is 2. The number of nitrogens with one attached hydrogen (secondary N) is 1. The molecule has 1 saturated heterocycles. The Labute approximate surface area is 183 Å². The summed E-state index contributed by atoms with van der Waals surface area (Å²) in [6.07, 6.45) is 6.52. The summed E-state index contributed by atoms with van der Waals surface area (Å²) >= 11 is 0. The monoisotopic (exact) mass is 430 g/mol. The Bertz CT molecular complexity index is 895. The molecule has 1 aromatic rings. The van der Waals surface area contributed by atoms with Crippen LogP contribution in [-0.4, -0.2) is 41.3 Å². The fourth-order valence-corrected chi connectivity index (χ4v) is 4.84. The largest absolute Gasteiger partial charge is 0.344 e. The standard InChI is InChI=1S/C25H32F2N2O2/c1-16-5-8-21(9-6-16)29-14-25(15-29,13-19(4)30)28-24(31)18(3)11-17(2)22-10-7-20(26)12-23(22)27/h7,10-12,16,21H,3,5-6,8-9,13-15H2,1-2,4H3,(H,28,31)/b17-11+. The lowest BCUT2D eigenvalue weighted by Gasteiger charge is -2.54. The summed E-state index contributed by atoms with van der Waals surface area (Å²) in [5, 5.41) is 3.02. The summed E-state index contributed by atoms with van der Waals surface area (Å²) in [5.41, 5.74) is 0.284. The molecule has 0 radical (unpaired) electrons. The third-order valence-corrected chi connectivity index (χ3v) is 6.52. The fraction of sp³-hybridized carbons (Fsp3) is 0.520. The Morgan fingerprint density at radius 2 is 1.84 bits per heavy atom. The highest BCUT2D eigenvalue weighted by Gasteiger charge is 2.47. The number of Topliss-reactive ketones (excluding diaryl/α,β-unsaturated/α-hetero) is 1. The molecule has 1 saturated carbocycles. The second-order valence-electron chi connectivity index (χ2n) is 9.41. The molecule has 3 rings (SSSR count). The van der Waals surface area contributed by atoms with Crippen molar-refractivity contribution in [3.63, 3.8) is 0 Å². The van der Waals surface area contributed by atoms with Gasteiger partial charge in [0, 0.05) is 42.8 Å². The zero-order valence-corrected chi connectivity index (χ0v) is 18.6. The third-order valence-electron chi connectivity index (χ3n) is 6.52. The first-order valence-electron chi connectivity index (χ1n) is 11.0. The van der Waals surface area contributed by atoms with Crippen molar-refractivity contribution in [3.8, 4) is 0 Å². The average Bonchev–Trinajstić information content (AvgIpc) is 2.65. The number of carbonyl (C=O) groups is 2. The highest BCUT2D eigenvalue weighted by atomic mass is 19.1. The van der Waals surface area contributed by atoms with Gasteiger partial charge < -0.3 is 5.32 Å². The van der Waals surface area contributed by atoms with Crippen LogP contribution in [0.3, 0.4) is 0 Å². The molecule has 2 aliphatic rings. The van der Waals surface area contributed by atoms with Gasteiger partial charge in [0.25, 0.3) is 5.91 Å². The molecule has 1 aromatic carbocycles. The van der Waals surface area contributed by atoms with Gasteiger partial charge in [0.2, 0.25) is 0 Å². The fourth-order valence-electron chi connectivity index (χ4n) is 4.84. The molecule has 1 heterocycles. The topological polar surface area (TPSA) is 49.4 Å². The second kappa shape index (κ2) is 9.43. The molecule has 31 heavy (non-hydrogen) atoms. The first-order valence-corrected chi connectivity index (χ1v) is 11.0. The molecule has 1 amide bonds. The summed E-state index contributed by atoms with van der Waals surface area (Å²) in [7, 11) is 0. The first kappa shape index (κ1) is 23.3. The number of likely N-dealkylation sites (tertiary alicyclic amines) is 1. The van der Waals surface area contributed by atoms with Crippen molar-refractivity contribution in [3.05, 3.63) is 53.6 Å². The molecule has 0 unspecified atom stereocenters. The lowest BCUT2D eigenvalue weighted by molar-refractivity contribution is -0.127. The number of rotatable bonds is 7. The Hall–Kier alpha value is -2.34. The summed E-state index contributed by atoms with van der Waals surface area (Å²) in [6, 6.07) is 3.84.